The van der Waals surface area contributed by atoms with Gasteiger partial charge in [0.05, 0.1) is 5.51 Å². The maximum atomic E-state index is 5.80. The molecule has 0 fully saturated rings. The molecule has 0 amide bonds. The molecule has 3 heteroatoms. The highest BCUT2D eigenvalue weighted by molar-refractivity contribution is 7.09. The Balaban J connectivity index is 1.95. The Morgan fingerprint density at radius 3 is 2.57 bits per heavy atom. The van der Waals surface area contributed by atoms with Gasteiger partial charge in [0.2, 0.25) is 0 Å². The number of thiazole rings is 1. The molecule has 0 unspecified atom stereocenters. The minimum absolute atomic E-state index is 0.798. The summed E-state index contributed by atoms with van der Waals surface area (Å²) in [5.74, 6) is 0. The van der Waals surface area contributed by atoms with Crippen molar-refractivity contribution in [2.45, 2.75) is 12.8 Å². The van der Waals surface area contributed by atoms with Gasteiger partial charge < -0.3 is 0 Å². The van der Waals surface area contributed by atoms with Gasteiger partial charge in [-0.15, -0.1) is 11.3 Å². The maximum Gasteiger partial charge on any atom is 0.0794 e. The standard InChI is InChI=1S/C11H10ClNS/c12-10-4-1-9(2-5-10)3-6-11-7-13-8-14-11/h1-2,4-5,7-8H,3,6H2. The highest BCUT2D eigenvalue weighted by Crippen LogP contribution is 2.13. The lowest BCUT2D eigenvalue weighted by Gasteiger charge is -1.99. The number of aromatic nitrogens is 1. The molecule has 0 bridgehead atoms. The van der Waals surface area contributed by atoms with Gasteiger partial charge in [-0.2, -0.15) is 0 Å². The molecule has 0 aliphatic rings. The quantitative estimate of drug-likeness (QED) is 0.775. The van der Waals surface area contributed by atoms with E-state index in [1.165, 1.54) is 10.4 Å². The number of hydrogen-bond donors (Lipinski definition) is 0. The first kappa shape index (κ1) is 9.69. The van der Waals surface area contributed by atoms with Crippen molar-refractivity contribution in [1.29, 1.82) is 0 Å². The largest absolute Gasteiger partial charge is 0.253 e. The summed E-state index contributed by atoms with van der Waals surface area (Å²) in [7, 11) is 0. The van der Waals surface area contributed by atoms with Crippen LogP contribution in [0.15, 0.2) is 36.0 Å². The van der Waals surface area contributed by atoms with Crippen molar-refractivity contribution >= 4 is 22.9 Å². The molecule has 72 valence electrons. The fourth-order valence-corrected chi connectivity index (χ4v) is 2.01. The highest BCUT2D eigenvalue weighted by Gasteiger charge is 1.96. The molecule has 0 aliphatic carbocycles. The Hall–Kier alpha value is -0.860. The minimum atomic E-state index is 0.798. The Morgan fingerprint density at radius 2 is 1.93 bits per heavy atom. The van der Waals surface area contributed by atoms with Crippen LogP contribution in [0.2, 0.25) is 5.02 Å². The van der Waals surface area contributed by atoms with Gasteiger partial charge in [0.1, 0.15) is 0 Å². The number of halogens is 1. The maximum absolute atomic E-state index is 5.80. The van der Waals surface area contributed by atoms with Gasteiger partial charge in [-0.1, -0.05) is 23.7 Å². The number of aryl methyl sites for hydroxylation is 2. The molecule has 1 nitrogen and oxygen atoms in total. The summed E-state index contributed by atoms with van der Waals surface area (Å²) < 4.78 is 0. The minimum Gasteiger partial charge on any atom is -0.253 e. The first-order valence-electron chi connectivity index (χ1n) is 4.46. The predicted molar refractivity (Wildman–Crippen MR) is 61.0 cm³/mol. The van der Waals surface area contributed by atoms with E-state index in [-0.39, 0.29) is 0 Å². The van der Waals surface area contributed by atoms with Crippen molar-refractivity contribution in [2.24, 2.45) is 0 Å². The second-order valence-corrected chi connectivity index (χ2v) is 4.50. The van der Waals surface area contributed by atoms with Crippen molar-refractivity contribution < 1.29 is 0 Å². The SMILES string of the molecule is Clc1ccc(CCc2cncs2)cc1. The molecular formula is C11H10ClNS. The molecule has 2 rings (SSSR count). The van der Waals surface area contributed by atoms with Crippen LogP contribution in [0.25, 0.3) is 0 Å². The van der Waals surface area contributed by atoms with Crippen molar-refractivity contribution in [3.05, 3.63) is 51.4 Å². The third-order valence-electron chi connectivity index (χ3n) is 2.06. The highest BCUT2D eigenvalue weighted by atomic mass is 35.5. The van der Waals surface area contributed by atoms with Crippen LogP contribution >= 0.6 is 22.9 Å². The summed E-state index contributed by atoms with van der Waals surface area (Å²) in [5.41, 5.74) is 3.19. The molecule has 2 aromatic rings. The summed E-state index contributed by atoms with van der Waals surface area (Å²) in [6, 6.07) is 8.01. The predicted octanol–water partition coefficient (Wildman–Crippen LogP) is 3.58. The lowest BCUT2D eigenvalue weighted by atomic mass is 10.1. The Morgan fingerprint density at radius 1 is 1.14 bits per heavy atom. The first-order valence-corrected chi connectivity index (χ1v) is 5.72. The first-order chi connectivity index (χ1) is 6.84. The number of hydrogen-bond acceptors (Lipinski definition) is 2. The van der Waals surface area contributed by atoms with Crippen LogP contribution in [0.5, 0.6) is 0 Å². The van der Waals surface area contributed by atoms with Crippen molar-refractivity contribution in [1.82, 2.24) is 4.98 Å². The van der Waals surface area contributed by atoms with E-state index >= 15 is 0 Å². The van der Waals surface area contributed by atoms with Crippen LogP contribution in [0.4, 0.5) is 0 Å². The van der Waals surface area contributed by atoms with Crippen LogP contribution in [-0.4, -0.2) is 4.98 Å². The van der Waals surface area contributed by atoms with Gasteiger partial charge in [-0.05, 0) is 30.5 Å². The lowest BCUT2D eigenvalue weighted by Crippen LogP contribution is -1.87. The fraction of sp³-hybridized carbons (Fsp3) is 0.182. The van der Waals surface area contributed by atoms with Crippen LogP contribution < -0.4 is 0 Å². The molecule has 0 atom stereocenters. The second kappa shape index (κ2) is 4.58. The molecule has 1 aromatic carbocycles. The van der Waals surface area contributed by atoms with Crippen LogP contribution in [0.1, 0.15) is 10.4 Å². The van der Waals surface area contributed by atoms with E-state index in [2.05, 4.69) is 17.1 Å². The average Bonchev–Trinajstić information content (AvgIpc) is 2.70. The third kappa shape index (κ3) is 2.56. The smallest absolute Gasteiger partial charge is 0.0794 e. The van der Waals surface area contributed by atoms with Gasteiger partial charge in [0.25, 0.3) is 0 Å². The summed E-state index contributed by atoms with van der Waals surface area (Å²) in [6.45, 7) is 0. The van der Waals surface area contributed by atoms with E-state index in [1.807, 2.05) is 23.8 Å². The van der Waals surface area contributed by atoms with Crippen LogP contribution in [-0.2, 0) is 12.8 Å². The number of rotatable bonds is 3. The molecule has 0 N–H and O–H groups in total. The van der Waals surface area contributed by atoms with E-state index in [0.717, 1.165) is 17.9 Å². The summed E-state index contributed by atoms with van der Waals surface area (Å²) in [5, 5.41) is 0.798. The summed E-state index contributed by atoms with van der Waals surface area (Å²) >= 11 is 7.51. The molecule has 0 radical (unpaired) electrons. The molecule has 0 saturated heterocycles. The molecular weight excluding hydrogens is 214 g/mol. The van der Waals surface area contributed by atoms with Crippen LogP contribution in [0, 0.1) is 0 Å². The Bertz CT molecular complexity index is 380. The molecule has 0 aliphatic heterocycles. The van der Waals surface area contributed by atoms with E-state index in [0.29, 0.717) is 0 Å². The van der Waals surface area contributed by atoms with Crippen LogP contribution in [0.3, 0.4) is 0 Å². The zero-order valence-corrected chi connectivity index (χ0v) is 9.18. The van der Waals surface area contributed by atoms with Crippen molar-refractivity contribution in [2.75, 3.05) is 0 Å². The Kier molecular flexibility index (Phi) is 3.17. The summed E-state index contributed by atoms with van der Waals surface area (Å²) in [6.07, 6.45) is 4.05. The Labute approximate surface area is 92.4 Å². The zero-order valence-electron chi connectivity index (χ0n) is 7.61. The summed E-state index contributed by atoms with van der Waals surface area (Å²) in [4.78, 5) is 5.38. The third-order valence-corrected chi connectivity index (χ3v) is 3.15. The molecule has 1 aromatic heterocycles. The molecule has 0 saturated carbocycles. The van der Waals surface area contributed by atoms with E-state index in [4.69, 9.17) is 11.6 Å². The molecule has 14 heavy (non-hydrogen) atoms. The monoisotopic (exact) mass is 223 g/mol. The van der Waals surface area contributed by atoms with Gasteiger partial charge in [-0.3, -0.25) is 4.98 Å². The number of benzene rings is 1. The van der Waals surface area contributed by atoms with Gasteiger partial charge in [0, 0.05) is 16.1 Å². The van der Waals surface area contributed by atoms with E-state index < -0.39 is 0 Å². The normalized spacial score (nSPS) is 10.4. The second-order valence-electron chi connectivity index (χ2n) is 3.09. The van der Waals surface area contributed by atoms with Crippen molar-refractivity contribution in [3.8, 4) is 0 Å². The lowest BCUT2D eigenvalue weighted by molar-refractivity contribution is 0.976. The zero-order chi connectivity index (χ0) is 9.80. The van der Waals surface area contributed by atoms with Gasteiger partial charge >= 0.3 is 0 Å². The van der Waals surface area contributed by atoms with E-state index in [1.54, 1.807) is 11.3 Å². The van der Waals surface area contributed by atoms with Gasteiger partial charge in [0.15, 0.2) is 0 Å². The number of nitrogens with zero attached hydrogens (tertiary/aromatic N) is 1. The fourth-order valence-electron chi connectivity index (χ4n) is 1.28. The molecule has 1 heterocycles. The topological polar surface area (TPSA) is 12.9 Å². The van der Waals surface area contributed by atoms with E-state index in [9.17, 15) is 0 Å². The van der Waals surface area contributed by atoms with Gasteiger partial charge in [-0.25, -0.2) is 0 Å². The van der Waals surface area contributed by atoms with Crippen molar-refractivity contribution in [3.63, 3.8) is 0 Å². The average molecular weight is 224 g/mol. The molecule has 0 spiro atoms.